The second-order valence-corrected chi connectivity index (χ2v) is 19.0. The Hall–Kier alpha value is -7.26. The van der Waals surface area contributed by atoms with E-state index in [1.54, 1.807) is 48.8 Å². The van der Waals surface area contributed by atoms with Crippen LogP contribution in [-0.4, -0.2) is 87.1 Å². The van der Waals surface area contributed by atoms with Gasteiger partial charge in [-0.1, -0.05) is 43.3 Å². The predicted octanol–water partition coefficient (Wildman–Crippen LogP) is 7.46. The van der Waals surface area contributed by atoms with Gasteiger partial charge < -0.3 is 39.4 Å². The van der Waals surface area contributed by atoms with Crippen molar-refractivity contribution in [3.05, 3.63) is 121 Å². The van der Waals surface area contributed by atoms with Crippen LogP contribution in [0.15, 0.2) is 73.1 Å². The first-order chi connectivity index (χ1) is 29.0. The van der Waals surface area contributed by atoms with Gasteiger partial charge >= 0.3 is 0 Å². The zero-order valence-corrected chi connectivity index (χ0v) is 37.4. The van der Waals surface area contributed by atoms with Crippen molar-refractivity contribution in [2.24, 2.45) is 0 Å². The molecule has 61 heavy (non-hydrogen) atoms. The van der Waals surface area contributed by atoms with Crippen molar-refractivity contribution in [3.63, 3.8) is 0 Å². The van der Waals surface area contributed by atoms with E-state index < -0.39 is 8.07 Å². The highest BCUT2D eigenvalue weighted by Crippen LogP contribution is 2.33. The van der Waals surface area contributed by atoms with Gasteiger partial charge in [-0.2, -0.15) is 0 Å². The van der Waals surface area contributed by atoms with Gasteiger partial charge in [0.15, 0.2) is 71.1 Å². The first kappa shape index (κ1) is 49.9. The molecule has 0 atom stereocenters. The van der Waals surface area contributed by atoms with E-state index in [4.69, 9.17) is 25.4 Å². The normalized spacial score (nSPS) is 9.56. The van der Waals surface area contributed by atoms with Gasteiger partial charge in [0.25, 0.3) is 0 Å². The molecule has 0 unspecified atom stereocenters. The maximum atomic E-state index is 10.8. The first-order valence-corrected chi connectivity index (χ1v) is 22.1. The molecule has 314 valence electrons. The van der Waals surface area contributed by atoms with Crippen molar-refractivity contribution in [3.8, 4) is 81.6 Å². The number of rotatable bonds is 8. The first-order valence-electron chi connectivity index (χ1n) is 17.5. The van der Waals surface area contributed by atoms with Crippen LogP contribution in [-0.2, 0) is 0 Å². The molecule has 15 heteroatoms. The van der Waals surface area contributed by atoms with E-state index in [1.807, 2.05) is 28.7 Å². The maximum absolute atomic E-state index is 10.8. The number of aldehydes is 4. The summed E-state index contributed by atoms with van der Waals surface area (Å²) in [6.07, 6.45) is 10.7. The lowest BCUT2D eigenvalue weighted by molar-refractivity contribution is 0.111. The van der Waals surface area contributed by atoms with Crippen molar-refractivity contribution >= 4 is 55.8 Å². The number of halogens is 1. The molecule has 0 fully saturated rings. The van der Waals surface area contributed by atoms with Crippen LogP contribution in [0.4, 0.5) is 0 Å². The number of pyridine rings is 1. The quantitative estimate of drug-likeness (QED) is 0.0518. The Labute approximate surface area is 368 Å². The van der Waals surface area contributed by atoms with Gasteiger partial charge in [-0.3, -0.25) is 24.2 Å². The lowest BCUT2D eigenvalue weighted by Crippen LogP contribution is -2.16. The molecule has 0 aliphatic carbocycles. The number of carbonyl (C=O) groups excluding carboxylic acids is 4. The summed E-state index contributed by atoms with van der Waals surface area (Å²) in [5.41, 5.74) is 6.45. The number of ether oxygens (including phenoxy) is 4. The van der Waals surface area contributed by atoms with Crippen molar-refractivity contribution in [1.82, 2.24) is 4.98 Å². The van der Waals surface area contributed by atoms with Crippen LogP contribution in [0.25, 0.3) is 0 Å². The Bertz CT molecular complexity index is 2520. The molecular weight excluding hydrogens is 913 g/mol. The topological polar surface area (TPSA) is 199 Å². The summed E-state index contributed by atoms with van der Waals surface area (Å²) in [5.74, 6) is 11.6. The predicted molar refractivity (Wildman–Crippen MR) is 241 cm³/mol. The van der Waals surface area contributed by atoms with Crippen LogP contribution in [0, 0.1) is 39.2 Å². The highest BCUT2D eigenvalue weighted by Gasteiger charge is 2.12. The summed E-state index contributed by atoms with van der Waals surface area (Å²) in [4.78, 5) is 46.5. The second-order valence-electron chi connectivity index (χ2n) is 13.0. The fourth-order valence-corrected chi connectivity index (χ4v) is 5.67. The Kier molecular flexibility index (Phi) is 20.1. The largest absolute Gasteiger partial charge is 0.504 e. The average Bonchev–Trinajstić information content (AvgIpc) is 3.27. The van der Waals surface area contributed by atoms with Crippen molar-refractivity contribution in [1.29, 1.82) is 0 Å². The van der Waals surface area contributed by atoms with Gasteiger partial charge in [-0.15, -0.1) is 12.0 Å². The van der Waals surface area contributed by atoms with Gasteiger partial charge in [0.1, 0.15) is 8.07 Å². The van der Waals surface area contributed by atoms with Crippen LogP contribution in [0.1, 0.15) is 63.7 Å². The summed E-state index contributed by atoms with van der Waals surface area (Å²) >= 11 is 2.04. The van der Waals surface area contributed by atoms with Gasteiger partial charge in [-0.25, -0.2) is 0 Å². The van der Waals surface area contributed by atoms with Crippen LogP contribution in [0.3, 0.4) is 0 Å². The molecule has 0 bridgehead atoms. The highest BCUT2D eigenvalue weighted by atomic mass is 127. The molecule has 0 radical (unpaired) electrons. The van der Waals surface area contributed by atoms with Crippen LogP contribution >= 0.6 is 22.6 Å². The third-order valence-corrected chi connectivity index (χ3v) is 9.03. The van der Waals surface area contributed by atoms with Crippen molar-refractivity contribution in [2.45, 2.75) is 19.6 Å². The van der Waals surface area contributed by atoms with E-state index in [1.165, 1.54) is 46.6 Å². The SMILES string of the molecule is C#Cc1cc(C=O)c(O)c(OC)c1.COc1cc(C#C[Si](C)(C)C)cc(C=O)c1O.COc1cc(C#Cc2cccnc2)cc(C=O)c1O.COc1cc(I)cc(C=O)c1O. The minimum absolute atomic E-state index is 0.104. The Morgan fingerprint density at radius 1 is 0.574 bits per heavy atom. The lowest BCUT2D eigenvalue weighted by Gasteiger charge is -2.07. The number of nitrogens with zero attached hydrogens (tertiary/aromatic N) is 1. The average molecular weight is 956 g/mol. The minimum Gasteiger partial charge on any atom is -0.504 e. The van der Waals surface area contributed by atoms with Crippen LogP contribution in [0.2, 0.25) is 19.6 Å². The molecule has 0 amide bonds. The molecule has 0 aliphatic rings. The number of phenols is 4. The number of benzene rings is 4. The third kappa shape index (κ3) is 15.5. The molecule has 1 heterocycles. The van der Waals surface area contributed by atoms with Gasteiger partial charge in [0, 0.05) is 38.2 Å². The zero-order valence-electron chi connectivity index (χ0n) is 34.2. The molecule has 0 aliphatic heterocycles. The number of hydrogen-bond acceptors (Lipinski definition) is 13. The molecule has 0 saturated heterocycles. The van der Waals surface area contributed by atoms with Crippen LogP contribution in [0.5, 0.6) is 46.0 Å². The minimum atomic E-state index is -1.46. The number of terminal acetylenes is 1. The maximum Gasteiger partial charge on any atom is 0.168 e. The number of aromatic hydroxyl groups is 4. The summed E-state index contributed by atoms with van der Waals surface area (Å²) in [5, 5.41) is 38.1. The van der Waals surface area contributed by atoms with Gasteiger partial charge in [0.05, 0.1) is 50.7 Å². The smallest absolute Gasteiger partial charge is 0.168 e. The Balaban J connectivity index is 0.000000285. The standard InChI is InChI=1S/C15H11NO3.C13H16O3Si.C10H8O3.C8H7IO3/c1-19-14-8-12(7-13(10-17)15(14)18)5-4-11-3-2-6-16-9-11;1-16-12-8-10(5-6-17(2,3)4)7-11(9-14)13(12)15;1-3-7-4-8(6-11)10(12)9(5-7)13-2;1-12-7-3-6(9)2-5(4-10)8(7)11/h2-3,6-10,18H,1H3;7-9,15H,1-4H3;1,4-6,12H,2H3;2-4,11H,1H3. The molecule has 4 aromatic carbocycles. The monoisotopic (exact) mass is 955 g/mol. The molecule has 13 nitrogen and oxygen atoms in total. The number of phenolic OH excluding ortho intramolecular Hbond substituents is 4. The summed E-state index contributed by atoms with van der Waals surface area (Å²) in [6, 6.07) is 16.1. The zero-order chi connectivity index (χ0) is 45.7. The van der Waals surface area contributed by atoms with Gasteiger partial charge in [0.2, 0.25) is 0 Å². The molecule has 1 aromatic heterocycles. The van der Waals surface area contributed by atoms with Crippen LogP contribution < -0.4 is 18.9 Å². The van der Waals surface area contributed by atoms with E-state index in [-0.39, 0.29) is 62.5 Å². The molecule has 5 aromatic rings. The lowest BCUT2D eigenvalue weighted by atomic mass is 10.1. The summed E-state index contributed by atoms with van der Waals surface area (Å²) in [6.45, 7) is 6.41. The number of aromatic nitrogens is 1. The number of methoxy groups -OCH3 is 4. The highest BCUT2D eigenvalue weighted by molar-refractivity contribution is 14.1. The van der Waals surface area contributed by atoms with E-state index in [0.29, 0.717) is 47.6 Å². The van der Waals surface area contributed by atoms with E-state index in [2.05, 4.69) is 53.9 Å². The molecular formula is C46H42INO12Si. The molecule has 0 spiro atoms. The fraction of sp³-hybridized carbons (Fsp3) is 0.152. The summed E-state index contributed by atoms with van der Waals surface area (Å²) < 4.78 is 20.5. The third-order valence-electron chi connectivity index (χ3n) is 7.53. The van der Waals surface area contributed by atoms with Crippen molar-refractivity contribution in [2.75, 3.05) is 28.4 Å². The summed E-state index contributed by atoms with van der Waals surface area (Å²) in [7, 11) is 4.24. The van der Waals surface area contributed by atoms with E-state index >= 15 is 0 Å². The molecule has 4 N–H and O–H groups in total. The van der Waals surface area contributed by atoms with Crippen molar-refractivity contribution < 1.29 is 58.6 Å². The second kappa shape index (κ2) is 24.6. The molecule has 0 saturated carbocycles. The van der Waals surface area contributed by atoms with Gasteiger partial charge in [-0.05, 0) is 83.3 Å². The Morgan fingerprint density at radius 3 is 1.33 bits per heavy atom. The molecule has 5 rings (SSSR count). The number of hydrogen-bond donors (Lipinski definition) is 4. The van der Waals surface area contributed by atoms with E-state index in [9.17, 15) is 39.6 Å². The fourth-order valence-electron chi connectivity index (χ4n) is 4.53. The van der Waals surface area contributed by atoms with E-state index in [0.717, 1.165) is 9.13 Å². The number of carbonyl (C=O) groups is 4. The Morgan fingerprint density at radius 2 is 0.951 bits per heavy atom.